The van der Waals surface area contributed by atoms with Crippen molar-refractivity contribution in [2.45, 2.75) is 32.7 Å². The second kappa shape index (κ2) is 11.7. The molecule has 0 spiro atoms. The van der Waals surface area contributed by atoms with Gasteiger partial charge in [0.15, 0.2) is 0 Å². The third kappa shape index (κ3) is 5.93. The first-order valence-electron chi connectivity index (χ1n) is 13.7. The Bertz CT molecular complexity index is 1890. The van der Waals surface area contributed by atoms with Gasteiger partial charge in [-0.25, -0.2) is 9.36 Å². The highest BCUT2D eigenvalue weighted by Gasteiger charge is 2.23. The minimum absolute atomic E-state index is 0.0235. The Kier molecular flexibility index (Phi) is 7.88. The first-order valence-corrected chi connectivity index (χ1v) is 13.7. The maximum absolute atomic E-state index is 14.0. The van der Waals surface area contributed by atoms with Crippen LogP contribution in [0.1, 0.15) is 42.3 Å². The van der Waals surface area contributed by atoms with E-state index in [-0.39, 0.29) is 24.3 Å². The average Bonchev–Trinajstić information content (AvgIpc) is 2.98. The van der Waals surface area contributed by atoms with Gasteiger partial charge >= 0.3 is 5.69 Å². The van der Waals surface area contributed by atoms with Crippen molar-refractivity contribution in [1.29, 1.82) is 0 Å². The zero-order valence-corrected chi connectivity index (χ0v) is 23.8. The number of fused-ring (bicyclic) bond motifs is 1. The highest BCUT2D eigenvalue weighted by atomic mass is 16.2. The molecule has 0 saturated carbocycles. The summed E-state index contributed by atoms with van der Waals surface area (Å²) in [6, 6.07) is 30.8. The number of nitrogens with zero attached hydrogens (tertiary/aromatic N) is 2. The molecule has 1 heterocycles. The summed E-state index contributed by atoms with van der Waals surface area (Å²) in [7, 11) is 0. The lowest BCUT2D eigenvalue weighted by atomic mass is 9.85. The highest BCUT2D eigenvalue weighted by Crippen LogP contribution is 2.29. The van der Waals surface area contributed by atoms with Gasteiger partial charge in [-0.3, -0.25) is 19.0 Å². The van der Waals surface area contributed by atoms with E-state index in [1.807, 2.05) is 93.6 Å². The van der Waals surface area contributed by atoms with E-state index in [1.54, 1.807) is 24.3 Å². The maximum Gasteiger partial charge on any atom is 0.337 e. The Labute approximate surface area is 243 Å². The van der Waals surface area contributed by atoms with E-state index in [2.05, 4.69) is 10.6 Å². The van der Waals surface area contributed by atoms with E-state index >= 15 is 0 Å². The standard InChI is InChI=1S/C34H32N4O4/c1-34(2,3)27-18-9-10-19-28(27)38-29(20-31(40)37(33(38)42)22-23-12-5-4-6-13-23)36-30(39)21-35-32(41)26-17-11-15-24-14-7-8-16-25(24)26/h4-20H,21-22H2,1-3H3,(H,35,41)(H,36,39). The molecule has 0 bridgehead atoms. The number of carbonyl (C=O) groups is 2. The summed E-state index contributed by atoms with van der Waals surface area (Å²) < 4.78 is 2.50. The van der Waals surface area contributed by atoms with Crippen molar-refractivity contribution in [3.8, 4) is 5.69 Å². The normalized spacial score (nSPS) is 11.3. The largest absolute Gasteiger partial charge is 0.343 e. The molecule has 0 aliphatic heterocycles. The monoisotopic (exact) mass is 560 g/mol. The molecule has 8 nitrogen and oxygen atoms in total. The molecule has 0 saturated heterocycles. The van der Waals surface area contributed by atoms with Crippen LogP contribution in [0.2, 0.25) is 0 Å². The Hall–Kier alpha value is -5.24. The van der Waals surface area contributed by atoms with Crippen LogP contribution in [0.15, 0.2) is 113 Å². The molecule has 8 heteroatoms. The van der Waals surface area contributed by atoms with Crippen LogP contribution in [0.5, 0.6) is 0 Å². The van der Waals surface area contributed by atoms with Gasteiger partial charge in [-0.2, -0.15) is 0 Å². The van der Waals surface area contributed by atoms with Gasteiger partial charge in [0, 0.05) is 11.6 Å². The molecule has 212 valence electrons. The summed E-state index contributed by atoms with van der Waals surface area (Å²) in [5.41, 5.74) is 1.16. The van der Waals surface area contributed by atoms with E-state index in [0.29, 0.717) is 11.3 Å². The summed E-state index contributed by atoms with van der Waals surface area (Å²) >= 11 is 0. The molecule has 4 aromatic carbocycles. The van der Waals surface area contributed by atoms with Crippen LogP contribution in [0.3, 0.4) is 0 Å². The van der Waals surface area contributed by atoms with E-state index in [1.165, 1.54) is 10.6 Å². The number of anilines is 1. The summed E-state index contributed by atoms with van der Waals surface area (Å²) in [4.78, 5) is 53.3. The smallest absolute Gasteiger partial charge is 0.337 e. The number of hydrogen-bond acceptors (Lipinski definition) is 4. The molecule has 0 radical (unpaired) electrons. The molecule has 42 heavy (non-hydrogen) atoms. The zero-order chi connectivity index (χ0) is 29.9. The van der Waals surface area contributed by atoms with Gasteiger partial charge in [-0.1, -0.05) is 106 Å². The molecule has 0 unspecified atom stereocenters. The third-order valence-electron chi connectivity index (χ3n) is 7.04. The van der Waals surface area contributed by atoms with Gasteiger partial charge in [0.05, 0.1) is 18.8 Å². The fourth-order valence-electron chi connectivity index (χ4n) is 4.98. The minimum atomic E-state index is -0.585. The molecule has 0 aliphatic rings. The maximum atomic E-state index is 14.0. The molecular formula is C34H32N4O4. The SMILES string of the molecule is CC(C)(C)c1ccccc1-n1c(NC(=O)CNC(=O)c2cccc3ccccc23)cc(=O)n(Cc2ccccc2)c1=O. The van der Waals surface area contributed by atoms with Crippen LogP contribution in [-0.2, 0) is 16.8 Å². The Morgan fingerprint density at radius 1 is 0.786 bits per heavy atom. The van der Waals surface area contributed by atoms with Gasteiger partial charge in [-0.05, 0) is 39.4 Å². The van der Waals surface area contributed by atoms with Crippen molar-refractivity contribution in [3.05, 3.63) is 141 Å². The fourth-order valence-corrected chi connectivity index (χ4v) is 4.98. The molecule has 0 fully saturated rings. The fraction of sp³-hybridized carbons (Fsp3) is 0.176. The lowest BCUT2D eigenvalue weighted by molar-refractivity contribution is -0.115. The van der Waals surface area contributed by atoms with Crippen molar-refractivity contribution < 1.29 is 9.59 Å². The number of carbonyl (C=O) groups excluding carboxylic acids is 2. The zero-order valence-electron chi connectivity index (χ0n) is 23.8. The number of para-hydroxylation sites is 1. The second-order valence-corrected chi connectivity index (χ2v) is 11.1. The lowest BCUT2D eigenvalue weighted by Gasteiger charge is -2.25. The van der Waals surface area contributed by atoms with Crippen LogP contribution in [-0.4, -0.2) is 27.5 Å². The molecule has 0 aliphatic carbocycles. The summed E-state index contributed by atoms with van der Waals surface area (Å²) in [5, 5.41) is 7.04. The van der Waals surface area contributed by atoms with Gasteiger partial charge < -0.3 is 10.6 Å². The van der Waals surface area contributed by atoms with Crippen molar-refractivity contribution in [2.75, 3.05) is 11.9 Å². The Morgan fingerprint density at radius 3 is 2.21 bits per heavy atom. The summed E-state index contributed by atoms with van der Waals surface area (Å²) in [6.45, 7) is 5.80. The molecule has 2 amide bonds. The van der Waals surface area contributed by atoms with E-state index in [9.17, 15) is 19.2 Å². The number of nitrogens with one attached hydrogen (secondary N) is 2. The number of amides is 2. The van der Waals surface area contributed by atoms with Gasteiger partial charge in [-0.15, -0.1) is 0 Å². The van der Waals surface area contributed by atoms with E-state index < -0.39 is 23.1 Å². The molecule has 2 N–H and O–H groups in total. The summed E-state index contributed by atoms with van der Waals surface area (Å²) in [5.74, 6) is -0.962. The Balaban J connectivity index is 1.49. The summed E-state index contributed by atoms with van der Waals surface area (Å²) in [6.07, 6.45) is 0. The Morgan fingerprint density at radius 2 is 1.45 bits per heavy atom. The van der Waals surface area contributed by atoms with Crippen molar-refractivity contribution in [2.24, 2.45) is 0 Å². The van der Waals surface area contributed by atoms with Gasteiger partial charge in [0.1, 0.15) is 5.82 Å². The van der Waals surface area contributed by atoms with Gasteiger partial charge in [0.2, 0.25) is 5.91 Å². The van der Waals surface area contributed by atoms with Crippen molar-refractivity contribution in [1.82, 2.24) is 14.5 Å². The van der Waals surface area contributed by atoms with E-state index in [4.69, 9.17) is 0 Å². The molecular weight excluding hydrogens is 528 g/mol. The molecule has 0 atom stereocenters. The lowest BCUT2D eigenvalue weighted by Crippen LogP contribution is -2.42. The van der Waals surface area contributed by atoms with Gasteiger partial charge in [0.25, 0.3) is 11.5 Å². The number of rotatable bonds is 7. The molecule has 1 aromatic heterocycles. The van der Waals surface area contributed by atoms with Crippen LogP contribution in [0.4, 0.5) is 5.82 Å². The van der Waals surface area contributed by atoms with Crippen molar-refractivity contribution >= 4 is 28.4 Å². The number of benzene rings is 4. The first kappa shape index (κ1) is 28.3. The van der Waals surface area contributed by atoms with Crippen LogP contribution < -0.4 is 21.9 Å². The van der Waals surface area contributed by atoms with Crippen LogP contribution in [0, 0.1) is 0 Å². The third-order valence-corrected chi connectivity index (χ3v) is 7.04. The average molecular weight is 561 g/mol. The topological polar surface area (TPSA) is 102 Å². The van der Waals surface area contributed by atoms with Crippen LogP contribution >= 0.6 is 0 Å². The molecule has 5 rings (SSSR count). The number of hydrogen-bond donors (Lipinski definition) is 2. The predicted molar refractivity (Wildman–Crippen MR) is 165 cm³/mol. The van der Waals surface area contributed by atoms with E-state index in [0.717, 1.165) is 26.5 Å². The highest BCUT2D eigenvalue weighted by molar-refractivity contribution is 6.08. The molecule has 5 aromatic rings. The quantitative estimate of drug-likeness (QED) is 0.297. The minimum Gasteiger partial charge on any atom is -0.343 e. The van der Waals surface area contributed by atoms with Crippen LogP contribution in [0.25, 0.3) is 16.5 Å². The number of aromatic nitrogens is 2. The first-order chi connectivity index (χ1) is 20.1. The predicted octanol–water partition coefficient (Wildman–Crippen LogP) is 4.87. The van der Waals surface area contributed by atoms with Crippen molar-refractivity contribution in [3.63, 3.8) is 0 Å². The second-order valence-electron chi connectivity index (χ2n) is 11.1.